The number of hydrogen-bond acceptors (Lipinski definition) is 2. The first kappa shape index (κ1) is 32.5. The van der Waals surface area contributed by atoms with Crippen LogP contribution in [-0.2, 0) is 4.79 Å². The van der Waals surface area contributed by atoms with E-state index in [2.05, 4.69) is 86.4 Å². The Morgan fingerprint density at radius 2 is 1.58 bits per heavy atom. The summed E-state index contributed by atoms with van der Waals surface area (Å²) in [6.45, 7) is 26.5. The molecule has 1 aliphatic rings. The summed E-state index contributed by atoms with van der Waals surface area (Å²) in [6, 6.07) is 0. The van der Waals surface area contributed by atoms with Crippen molar-refractivity contribution in [3.05, 3.63) is 24.8 Å². The predicted molar refractivity (Wildman–Crippen MR) is 145 cm³/mol. The molecule has 0 bridgehead atoms. The number of nitrogens with one attached hydrogen (secondary N) is 1. The van der Waals surface area contributed by atoms with E-state index in [1.165, 1.54) is 37.9 Å². The highest BCUT2D eigenvalue weighted by atomic mass is 32.2. The molecule has 0 saturated heterocycles. The molecule has 0 fully saturated rings. The zero-order chi connectivity index (χ0) is 24.6. The molecule has 0 aromatic rings. The molecule has 0 spiro atoms. The largest absolute Gasteiger partial charge is 0.356 e. The number of rotatable bonds is 5. The Kier molecular flexibility index (Phi) is 17.7. The molecular formula is C28H55NOS. The Hall–Kier alpha value is -0.700. The summed E-state index contributed by atoms with van der Waals surface area (Å²) in [7, 11) is 0. The first-order valence-electron chi connectivity index (χ1n) is 12.2. The second-order valence-electron chi connectivity index (χ2n) is 12.1. The van der Waals surface area contributed by atoms with Crippen LogP contribution in [-0.4, -0.2) is 24.0 Å². The molecule has 1 amide bonds. The molecule has 0 saturated carbocycles. The fraction of sp³-hybridized carbons (Fsp3) is 0.821. The van der Waals surface area contributed by atoms with Crippen molar-refractivity contribution in [2.75, 3.05) is 18.1 Å². The van der Waals surface area contributed by atoms with Crippen molar-refractivity contribution in [3.63, 3.8) is 0 Å². The number of carbonyl (C=O) groups is 1. The molecule has 1 unspecified atom stereocenters. The number of thioether (sulfide) groups is 1. The average molecular weight is 454 g/mol. The molecule has 1 aliphatic carbocycles. The van der Waals surface area contributed by atoms with Crippen molar-refractivity contribution in [3.8, 4) is 0 Å². The lowest BCUT2D eigenvalue weighted by molar-refractivity contribution is -0.121. The van der Waals surface area contributed by atoms with E-state index in [1.807, 2.05) is 24.8 Å². The monoisotopic (exact) mass is 453 g/mol. The van der Waals surface area contributed by atoms with Crippen LogP contribution in [0, 0.1) is 22.2 Å². The molecule has 0 aromatic carbocycles. The van der Waals surface area contributed by atoms with Crippen molar-refractivity contribution in [1.29, 1.82) is 0 Å². The summed E-state index contributed by atoms with van der Waals surface area (Å²) in [4.78, 5) is 10.7. The minimum absolute atomic E-state index is 0.134. The third-order valence-corrected chi connectivity index (χ3v) is 6.45. The quantitative estimate of drug-likeness (QED) is 0.333. The van der Waals surface area contributed by atoms with Gasteiger partial charge in [-0.2, -0.15) is 11.8 Å². The maximum absolute atomic E-state index is 10.7. The molecule has 184 valence electrons. The van der Waals surface area contributed by atoms with Crippen molar-refractivity contribution in [2.45, 2.75) is 108 Å². The Morgan fingerprint density at radius 1 is 1.00 bits per heavy atom. The zero-order valence-corrected chi connectivity index (χ0v) is 23.5. The molecule has 31 heavy (non-hydrogen) atoms. The van der Waals surface area contributed by atoms with E-state index in [4.69, 9.17) is 0 Å². The van der Waals surface area contributed by atoms with Gasteiger partial charge in [-0.1, -0.05) is 87.5 Å². The van der Waals surface area contributed by atoms with Gasteiger partial charge in [-0.25, -0.2) is 0 Å². The van der Waals surface area contributed by atoms with Crippen LogP contribution in [0.1, 0.15) is 108 Å². The third kappa shape index (κ3) is 25.4. The van der Waals surface area contributed by atoms with Crippen LogP contribution in [0.5, 0.6) is 0 Å². The van der Waals surface area contributed by atoms with Crippen LogP contribution in [0.25, 0.3) is 0 Å². The van der Waals surface area contributed by atoms with Crippen LogP contribution in [0.15, 0.2) is 24.8 Å². The fourth-order valence-corrected chi connectivity index (χ4v) is 3.86. The number of carbonyl (C=O) groups excluding carboxylic acids is 1. The lowest BCUT2D eigenvalue weighted by Gasteiger charge is -2.31. The van der Waals surface area contributed by atoms with Gasteiger partial charge in [-0.15, -0.1) is 6.58 Å². The van der Waals surface area contributed by atoms with E-state index in [0.29, 0.717) is 17.3 Å². The number of allylic oxidation sites excluding steroid dienone is 2. The lowest BCUT2D eigenvalue weighted by Crippen LogP contribution is -2.31. The van der Waals surface area contributed by atoms with Gasteiger partial charge < -0.3 is 5.32 Å². The van der Waals surface area contributed by atoms with Gasteiger partial charge in [0, 0.05) is 18.7 Å². The van der Waals surface area contributed by atoms with Gasteiger partial charge in [0.05, 0.1) is 0 Å². The minimum atomic E-state index is 0.134. The molecule has 0 aliphatic heterocycles. The van der Waals surface area contributed by atoms with E-state index >= 15 is 0 Å². The minimum Gasteiger partial charge on any atom is -0.356 e. The average Bonchev–Trinajstić information content (AvgIpc) is 2.58. The van der Waals surface area contributed by atoms with Gasteiger partial charge in [-0.3, -0.25) is 4.79 Å². The van der Waals surface area contributed by atoms with Crippen molar-refractivity contribution in [1.82, 2.24) is 5.32 Å². The van der Waals surface area contributed by atoms with E-state index < -0.39 is 0 Å². The third-order valence-electron chi connectivity index (χ3n) is 4.90. The standard InChI is InChI=1S/C12H22.C8H17NO.C8H16S/c1-12(2,3)11-9-7-5-4-6-8-10-11;1-5-7(10)9-6-8(2,3)4;1-5-6-9-7-8(2,3)4/h4-5,11H,6-10H2,1-3H3;5-6H2,1-4H3,(H,9,10);5H,1,6-7H2,2-4H3/b5-4+;;. The zero-order valence-electron chi connectivity index (χ0n) is 22.7. The van der Waals surface area contributed by atoms with E-state index in [1.54, 1.807) is 0 Å². The molecular weight excluding hydrogens is 398 g/mol. The summed E-state index contributed by atoms with van der Waals surface area (Å²) in [5, 5.41) is 2.83. The normalized spacial score (nSPS) is 18.2. The highest BCUT2D eigenvalue weighted by molar-refractivity contribution is 7.99. The van der Waals surface area contributed by atoms with Gasteiger partial charge in [0.15, 0.2) is 0 Å². The smallest absolute Gasteiger partial charge is 0.219 e. The Balaban J connectivity index is 0. The van der Waals surface area contributed by atoms with Crippen LogP contribution >= 0.6 is 11.8 Å². The van der Waals surface area contributed by atoms with E-state index in [9.17, 15) is 4.79 Å². The summed E-state index contributed by atoms with van der Waals surface area (Å²) in [5.74, 6) is 3.37. The summed E-state index contributed by atoms with van der Waals surface area (Å²) < 4.78 is 0. The van der Waals surface area contributed by atoms with Crippen molar-refractivity contribution < 1.29 is 4.79 Å². The van der Waals surface area contributed by atoms with Gasteiger partial charge >= 0.3 is 0 Å². The summed E-state index contributed by atoms with van der Waals surface area (Å²) in [5.41, 5.74) is 1.18. The molecule has 0 heterocycles. The predicted octanol–water partition coefficient (Wildman–Crippen LogP) is 8.68. The second-order valence-corrected chi connectivity index (χ2v) is 13.1. The van der Waals surface area contributed by atoms with E-state index in [0.717, 1.165) is 18.2 Å². The molecule has 0 aromatic heterocycles. The maximum atomic E-state index is 10.7. The summed E-state index contributed by atoms with van der Waals surface area (Å²) >= 11 is 1.94. The van der Waals surface area contributed by atoms with Crippen molar-refractivity contribution in [2.24, 2.45) is 22.2 Å². The van der Waals surface area contributed by atoms with Gasteiger partial charge in [0.2, 0.25) is 5.91 Å². The molecule has 1 N–H and O–H groups in total. The van der Waals surface area contributed by atoms with Gasteiger partial charge in [0.1, 0.15) is 0 Å². The van der Waals surface area contributed by atoms with Crippen LogP contribution in [0.2, 0.25) is 0 Å². The highest BCUT2D eigenvalue weighted by Gasteiger charge is 2.23. The van der Waals surface area contributed by atoms with Gasteiger partial charge in [-0.05, 0) is 60.0 Å². The molecule has 3 heteroatoms. The van der Waals surface area contributed by atoms with Crippen molar-refractivity contribution >= 4 is 17.7 Å². The van der Waals surface area contributed by atoms with E-state index in [-0.39, 0.29) is 11.3 Å². The second kappa shape index (κ2) is 16.9. The number of amides is 1. The first-order chi connectivity index (χ1) is 14.1. The fourth-order valence-electron chi connectivity index (χ4n) is 2.96. The summed E-state index contributed by atoms with van der Waals surface area (Å²) in [6.07, 6.45) is 14.0. The molecule has 2 nitrogen and oxygen atoms in total. The first-order valence-corrected chi connectivity index (χ1v) is 13.4. The maximum Gasteiger partial charge on any atom is 0.219 e. The topological polar surface area (TPSA) is 29.1 Å². The lowest BCUT2D eigenvalue weighted by atomic mass is 9.75. The molecule has 1 atom stereocenters. The van der Waals surface area contributed by atoms with Crippen LogP contribution < -0.4 is 5.32 Å². The Morgan fingerprint density at radius 3 is 2.03 bits per heavy atom. The highest BCUT2D eigenvalue weighted by Crippen LogP contribution is 2.34. The molecule has 1 rings (SSSR count). The Labute approximate surface area is 200 Å². The number of hydrogen-bond donors (Lipinski definition) is 1. The Bertz CT molecular complexity index is 489. The SMILES string of the molecule is C=CCSCC(C)(C)C.CC(C)(C)C1CC/C=C/CCC1.CCC(=O)NCC(C)(C)C. The van der Waals surface area contributed by atoms with Crippen LogP contribution in [0.3, 0.4) is 0 Å². The van der Waals surface area contributed by atoms with Crippen LogP contribution in [0.4, 0.5) is 0 Å². The van der Waals surface area contributed by atoms with Gasteiger partial charge in [0.25, 0.3) is 0 Å². The molecule has 0 radical (unpaired) electrons.